The van der Waals surface area contributed by atoms with E-state index < -0.39 is 13.0 Å². The molecule has 1 aromatic rings. The molecule has 1 aromatic carbocycles. The smallest absolute Gasteiger partial charge is 0.261 e. The average Bonchev–Trinajstić information content (AvgIpc) is 2.34. The molecule has 0 saturated heterocycles. The maximum atomic E-state index is 11.7. The lowest BCUT2D eigenvalue weighted by Crippen LogP contribution is -2.20. The van der Waals surface area contributed by atoms with Crippen molar-refractivity contribution in [3.8, 4) is 0 Å². The van der Waals surface area contributed by atoms with Crippen molar-refractivity contribution >= 4 is 0 Å². The van der Waals surface area contributed by atoms with E-state index in [0.29, 0.717) is 13.1 Å². The number of alkyl halides is 2. The fourth-order valence-corrected chi connectivity index (χ4v) is 1.31. The van der Waals surface area contributed by atoms with E-state index in [0.717, 1.165) is 11.1 Å². The molecule has 17 heavy (non-hydrogen) atoms. The Balaban J connectivity index is 2.09. The third kappa shape index (κ3) is 6.31. The summed E-state index contributed by atoms with van der Waals surface area (Å²) in [4.78, 5) is 0. The third-order valence-electron chi connectivity index (χ3n) is 2.20. The van der Waals surface area contributed by atoms with Gasteiger partial charge in [-0.05, 0) is 11.1 Å². The van der Waals surface area contributed by atoms with Crippen LogP contribution in [0.5, 0.6) is 0 Å². The monoisotopic (exact) mass is 245 g/mol. The summed E-state index contributed by atoms with van der Waals surface area (Å²) in [6, 6.07) is 7.53. The maximum absolute atomic E-state index is 11.7. The molecule has 1 rings (SSSR count). The van der Waals surface area contributed by atoms with Gasteiger partial charge in [0.2, 0.25) is 0 Å². The minimum atomic E-state index is -2.40. The highest BCUT2D eigenvalue weighted by Gasteiger charge is 2.00. The largest absolute Gasteiger partial charge is 0.392 e. The zero-order chi connectivity index (χ0) is 12.5. The maximum Gasteiger partial charge on any atom is 0.261 e. The predicted octanol–water partition coefficient (Wildman–Crippen LogP) is 1.55. The normalized spacial score (nSPS) is 11.1. The Morgan fingerprint density at radius 1 is 1.18 bits per heavy atom. The first-order valence-electron chi connectivity index (χ1n) is 5.47. The van der Waals surface area contributed by atoms with E-state index in [4.69, 9.17) is 9.84 Å². The summed E-state index contributed by atoms with van der Waals surface area (Å²) in [5.74, 6) is 0. The molecule has 0 atom stereocenters. The topological polar surface area (TPSA) is 41.5 Å². The van der Waals surface area contributed by atoms with Crippen LogP contribution >= 0.6 is 0 Å². The van der Waals surface area contributed by atoms with E-state index in [1.807, 2.05) is 24.3 Å². The molecule has 0 spiro atoms. The van der Waals surface area contributed by atoms with Crippen molar-refractivity contribution in [2.45, 2.75) is 19.6 Å². The summed E-state index contributed by atoms with van der Waals surface area (Å²) in [6.45, 7) is 0.999. The van der Waals surface area contributed by atoms with E-state index >= 15 is 0 Å². The summed E-state index contributed by atoms with van der Waals surface area (Å²) >= 11 is 0. The Kier molecular flexibility index (Phi) is 6.69. The summed E-state index contributed by atoms with van der Waals surface area (Å²) in [5, 5.41) is 11.9. The number of ether oxygens (including phenoxy) is 1. The molecule has 96 valence electrons. The molecular formula is C12H17F2NO2. The SMILES string of the molecule is OCc1ccc(CNCCOCC(F)F)cc1. The molecule has 3 nitrogen and oxygen atoms in total. The van der Waals surface area contributed by atoms with Crippen LogP contribution in [0, 0.1) is 0 Å². The van der Waals surface area contributed by atoms with Crippen LogP contribution in [0.3, 0.4) is 0 Å². The van der Waals surface area contributed by atoms with Crippen molar-refractivity contribution < 1.29 is 18.6 Å². The van der Waals surface area contributed by atoms with Crippen molar-refractivity contribution in [3.05, 3.63) is 35.4 Å². The number of aliphatic hydroxyl groups excluding tert-OH is 1. The fourth-order valence-electron chi connectivity index (χ4n) is 1.31. The van der Waals surface area contributed by atoms with Crippen LogP contribution < -0.4 is 5.32 Å². The molecule has 0 saturated carbocycles. The third-order valence-corrected chi connectivity index (χ3v) is 2.20. The zero-order valence-electron chi connectivity index (χ0n) is 9.53. The number of hydrogen-bond donors (Lipinski definition) is 2. The second kappa shape index (κ2) is 8.11. The molecule has 2 N–H and O–H groups in total. The Hall–Kier alpha value is -1.04. The second-order valence-electron chi connectivity index (χ2n) is 3.62. The fraction of sp³-hybridized carbons (Fsp3) is 0.500. The molecule has 0 fully saturated rings. The number of benzene rings is 1. The van der Waals surface area contributed by atoms with Crippen molar-refractivity contribution in [2.75, 3.05) is 19.8 Å². The van der Waals surface area contributed by atoms with Crippen LogP contribution in [0.25, 0.3) is 0 Å². The van der Waals surface area contributed by atoms with Gasteiger partial charge in [0.05, 0.1) is 13.2 Å². The van der Waals surface area contributed by atoms with E-state index in [1.54, 1.807) is 0 Å². The number of aliphatic hydroxyl groups is 1. The molecule has 0 heterocycles. The van der Waals surface area contributed by atoms with Gasteiger partial charge < -0.3 is 15.2 Å². The van der Waals surface area contributed by atoms with Gasteiger partial charge in [-0.3, -0.25) is 0 Å². The zero-order valence-corrected chi connectivity index (χ0v) is 9.53. The molecule has 0 aliphatic rings. The van der Waals surface area contributed by atoms with E-state index in [2.05, 4.69) is 5.32 Å². The molecular weight excluding hydrogens is 228 g/mol. The molecule has 0 unspecified atom stereocenters. The van der Waals surface area contributed by atoms with E-state index in [9.17, 15) is 8.78 Å². The Morgan fingerprint density at radius 3 is 2.41 bits per heavy atom. The van der Waals surface area contributed by atoms with Gasteiger partial charge in [0.1, 0.15) is 6.61 Å². The van der Waals surface area contributed by atoms with Crippen molar-refractivity contribution in [2.24, 2.45) is 0 Å². The second-order valence-corrected chi connectivity index (χ2v) is 3.62. The lowest BCUT2D eigenvalue weighted by Gasteiger charge is -2.06. The van der Waals surface area contributed by atoms with Crippen molar-refractivity contribution in [3.63, 3.8) is 0 Å². The lowest BCUT2D eigenvalue weighted by molar-refractivity contribution is 0.0187. The molecule has 0 aromatic heterocycles. The predicted molar refractivity (Wildman–Crippen MR) is 60.9 cm³/mol. The minimum absolute atomic E-state index is 0.0369. The van der Waals surface area contributed by atoms with Gasteiger partial charge in [-0.2, -0.15) is 0 Å². The number of hydrogen-bond acceptors (Lipinski definition) is 3. The van der Waals surface area contributed by atoms with Gasteiger partial charge in [0.15, 0.2) is 0 Å². The molecule has 5 heteroatoms. The number of rotatable bonds is 8. The highest BCUT2D eigenvalue weighted by Crippen LogP contribution is 2.03. The highest BCUT2D eigenvalue weighted by atomic mass is 19.3. The molecule has 0 aliphatic carbocycles. The van der Waals surface area contributed by atoms with Gasteiger partial charge in [-0.1, -0.05) is 24.3 Å². The van der Waals surface area contributed by atoms with Crippen LogP contribution in [-0.2, 0) is 17.9 Å². The Labute approximate surface area is 99.4 Å². The van der Waals surface area contributed by atoms with Crippen LogP contribution in [0.2, 0.25) is 0 Å². The first kappa shape index (κ1) is 14.0. The van der Waals surface area contributed by atoms with Crippen LogP contribution in [0.1, 0.15) is 11.1 Å². The summed E-state index contributed by atoms with van der Waals surface area (Å²) in [5.41, 5.74) is 1.95. The van der Waals surface area contributed by atoms with Gasteiger partial charge in [-0.25, -0.2) is 8.78 Å². The Bertz CT molecular complexity index is 304. The molecule has 0 radical (unpaired) electrons. The standard InChI is InChI=1S/C12H17F2NO2/c13-12(14)9-17-6-5-15-7-10-1-3-11(8-16)4-2-10/h1-4,12,15-16H,5-9H2. The lowest BCUT2D eigenvalue weighted by atomic mass is 10.1. The summed E-state index contributed by atoms with van der Waals surface area (Å²) in [7, 11) is 0. The number of halogens is 2. The van der Waals surface area contributed by atoms with Crippen LogP contribution in [0.4, 0.5) is 8.78 Å². The van der Waals surface area contributed by atoms with Crippen molar-refractivity contribution in [1.82, 2.24) is 5.32 Å². The van der Waals surface area contributed by atoms with E-state index in [-0.39, 0.29) is 13.2 Å². The van der Waals surface area contributed by atoms with Gasteiger partial charge in [-0.15, -0.1) is 0 Å². The van der Waals surface area contributed by atoms with E-state index in [1.165, 1.54) is 0 Å². The molecule has 0 bridgehead atoms. The average molecular weight is 245 g/mol. The van der Waals surface area contributed by atoms with Crippen LogP contribution in [-0.4, -0.2) is 31.3 Å². The summed E-state index contributed by atoms with van der Waals surface area (Å²) in [6.07, 6.45) is -2.40. The molecule has 0 amide bonds. The quantitative estimate of drug-likeness (QED) is 0.683. The highest BCUT2D eigenvalue weighted by molar-refractivity contribution is 5.21. The minimum Gasteiger partial charge on any atom is -0.392 e. The van der Waals surface area contributed by atoms with Gasteiger partial charge in [0, 0.05) is 13.1 Å². The molecule has 0 aliphatic heterocycles. The number of nitrogens with one attached hydrogen (secondary N) is 1. The summed E-state index contributed by atoms with van der Waals surface area (Å²) < 4.78 is 28.2. The first-order chi connectivity index (χ1) is 8.22. The van der Waals surface area contributed by atoms with Crippen molar-refractivity contribution in [1.29, 1.82) is 0 Å². The van der Waals surface area contributed by atoms with Gasteiger partial charge >= 0.3 is 0 Å². The Morgan fingerprint density at radius 2 is 1.82 bits per heavy atom. The first-order valence-corrected chi connectivity index (χ1v) is 5.47. The van der Waals surface area contributed by atoms with Crippen LogP contribution in [0.15, 0.2) is 24.3 Å². The van der Waals surface area contributed by atoms with Gasteiger partial charge in [0.25, 0.3) is 6.43 Å².